The van der Waals surface area contributed by atoms with Crippen molar-refractivity contribution in [2.45, 2.75) is 31.9 Å². The Kier molecular flexibility index (Phi) is 4.77. The van der Waals surface area contributed by atoms with Crippen LogP contribution in [0, 0.1) is 0 Å². The van der Waals surface area contributed by atoms with E-state index in [4.69, 9.17) is 16.3 Å². The van der Waals surface area contributed by atoms with Gasteiger partial charge in [-0.1, -0.05) is 17.7 Å². The number of aromatic nitrogens is 1. The molecule has 1 aliphatic rings. The van der Waals surface area contributed by atoms with Crippen molar-refractivity contribution in [1.82, 2.24) is 9.88 Å². The number of pyridine rings is 1. The van der Waals surface area contributed by atoms with Crippen LogP contribution in [0.3, 0.4) is 0 Å². The first kappa shape index (κ1) is 12.8. The van der Waals surface area contributed by atoms with E-state index in [1.54, 1.807) is 0 Å². The molecule has 0 bridgehead atoms. The van der Waals surface area contributed by atoms with E-state index >= 15 is 0 Å². The molecule has 1 fully saturated rings. The summed E-state index contributed by atoms with van der Waals surface area (Å²) in [6, 6.07) is 3.86. The molecular weight excluding hydrogens is 236 g/mol. The van der Waals surface area contributed by atoms with Crippen molar-refractivity contribution in [3.8, 4) is 0 Å². The molecule has 0 amide bonds. The Morgan fingerprint density at radius 3 is 3.00 bits per heavy atom. The van der Waals surface area contributed by atoms with Crippen LogP contribution in [-0.4, -0.2) is 36.2 Å². The molecule has 17 heavy (non-hydrogen) atoms. The fourth-order valence-electron chi connectivity index (χ4n) is 2.18. The zero-order valence-corrected chi connectivity index (χ0v) is 11.0. The van der Waals surface area contributed by atoms with Gasteiger partial charge in [-0.3, -0.25) is 4.90 Å². The summed E-state index contributed by atoms with van der Waals surface area (Å²) in [7, 11) is 2.12. The maximum Gasteiger partial charge on any atom is 0.129 e. The van der Waals surface area contributed by atoms with Crippen LogP contribution in [0.5, 0.6) is 0 Å². The molecule has 2 heterocycles. The van der Waals surface area contributed by atoms with E-state index in [2.05, 4.69) is 16.9 Å². The van der Waals surface area contributed by atoms with Gasteiger partial charge in [0.1, 0.15) is 5.15 Å². The van der Waals surface area contributed by atoms with Gasteiger partial charge in [-0.2, -0.15) is 0 Å². The molecular formula is C13H19ClN2O. The van der Waals surface area contributed by atoms with Crippen LogP contribution < -0.4 is 0 Å². The lowest BCUT2D eigenvalue weighted by Gasteiger charge is -2.27. The van der Waals surface area contributed by atoms with Crippen LogP contribution >= 0.6 is 11.6 Å². The first-order valence-electron chi connectivity index (χ1n) is 6.14. The molecule has 1 atom stereocenters. The third-order valence-electron chi connectivity index (χ3n) is 3.03. The maximum absolute atomic E-state index is 5.76. The number of hydrogen-bond acceptors (Lipinski definition) is 3. The maximum atomic E-state index is 5.76. The number of halogens is 1. The van der Waals surface area contributed by atoms with Gasteiger partial charge < -0.3 is 4.74 Å². The molecule has 2 rings (SSSR count). The molecule has 0 aromatic carbocycles. The van der Waals surface area contributed by atoms with Gasteiger partial charge in [-0.25, -0.2) is 4.98 Å². The van der Waals surface area contributed by atoms with Crippen LogP contribution in [0.25, 0.3) is 0 Å². The minimum atomic E-state index is 0.397. The van der Waals surface area contributed by atoms with Gasteiger partial charge in [0.25, 0.3) is 0 Å². The second-order valence-electron chi connectivity index (χ2n) is 4.67. The standard InChI is InChI=1S/C13H19ClN2O/c1-16(10-12-4-2-3-7-17-12)9-11-5-6-13(14)15-8-11/h5-6,8,12H,2-4,7,9-10H2,1H3. The van der Waals surface area contributed by atoms with Gasteiger partial charge in [-0.15, -0.1) is 0 Å². The predicted octanol–water partition coefficient (Wildman–Crippen LogP) is 2.74. The van der Waals surface area contributed by atoms with Crippen molar-refractivity contribution in [3.05, 3.63) is 29.0 Å². The summed E-state index contributed by atoms with van der Waals surface area (Å²) in [5.41, 5.74) is 1.19. The molecule has 0 N–H and O–H groups in total. The third kappa shape index (κ3) is 4.26. The Balaban J connectivity index is 1.79. The Morgan fingerprint density at radius 1 is 1.47 bits per heavy atom. The van der Waals surface area contributed by atoms with Crippen LogP contribution in [0.15, 0.2) is 18.3 Å². The molecule has 1 aromatic rings. The van der Waals surface area contributed by atoms with Crippen molar-refractivity contribution < 1.29 is 4.74 Å². The van der Waals surface area contributed by atoms with Crippen molar-refractivity contribution in [3.63, 3.8) is 0 Å². The highest BCUT2D eigenvalue weighted by Crippen LogP contribution is 2.14. The monoisotopic (exact) mass is 254 g/mol. The van der Waals surface area contributed by atoms with Gasteiger partial charge >= 0.3 is 0 Å². The second kappa shape index (κ2) is 6.34. The third-order valence-corrected chi connectivity index (χ3v) is 3.25. The minimum Gasteiger partial charge on any atom is -0.377 e. The number of likely N-dealkylation sites (N-methyl/N-ethyl adjacent to an activating group) is 1. The molecule has 0 saturated carbocycles. The van der Waals surface area contributed by atoms with E-state index in [1.807, 2.05) is 18.3 Å². The largest absolute Gasteiger partial charge is 0.377 e. The molecule has 1 aliphatic heterocycles. The summed E-state index contributed by atoms with van der Waals surface area (Å²) in [5.74, 6) is 0. The van der Waals surface area contributed by atoms with Crippen LogP contribution in [-0.2, 0) is 11.3 Å². The van der Waals surface area contributed by atoms with E-state index in [1.165, 1.54) is 24.8 Å². The van der Waals surface area contributed by atoms with E-state index in [9.17, 15) is 0 Å². The van der Waals surface area contributed by atoms with Gasteiger partial charge in [0.2, 0.25) is 0 Å². The lowest BCUT2D eigenvalue weighted by molar-refractivity contribution is -0.00260. The summed E-state index contributed by atoms with van der Waals surface area (Å²) in [6.45, 7) is 2.80. The topological polar surface area (TPSA) is 25.4 Å². The zero-order chi connectivity index (χ0) is 12.1. The fourth-order valence-corrected chi connectivity index (χ4v) is 2.29. The highest BCUT2D eigenvalue weighted by atomic mass is 35.5. The number of hydrogen-bond donors (Lipinski definition) is 0. The van der Waals surface area contributed by atoms with Gasteiger partial charge in [0, 0.05) is 25.9 Å². The summed E-state index contributed by atoms with van der Waals surface area (Å²) in [4.78, 5) is 6.37. The van der Waals surface area contributed by atoms with Gasteiger partial charge in [0.15, 0.2) is 0 Å². The van der Waals surface area contributed by atoms with E-state index in [0.717, 1.165) is 19.7 Å². The molecule has 94 valence electrons. The summed E-state index contributed by atoms with van der Waals surface area (Å²) >= 11 is 5.76. The smallest absolute Gasteiger partial charge is 0.129 e. The Morgan fingerprint density at radius 2 is 2.35 bits per heavy atom. The van der Waals surface area contributed by atoms with Gasteiger partial charge in [0.05, 0.1) is 6.10 Å². The second-order valence-corrected chi connectivity index (χ2v) is 5.06. The average molecular weight is 255 g/mol. The van der Waals surface area contributed by atoms with Crippen molar-refractivity contribution in [1.29, 1.82) is 0 Å². The van der Waals surface area contributed by atoms with Crippen LogP contribution in [0.4, 0.5) is 0 Å². The van der Waals surface area contributed by atoms with Crippen LogP contribution in [0.2, 0.25) is 5.15 Å². The first-order valence-corrected chi connectivity index (χ1v) is 6.52. The molecule has 0 spiro atoms. The summed E-state index contributed by atoms with van der Waals surface area (Å²) in [5, 5.41) is 0.548. The zero-order valence-electron chi connectivity index (χ0n) is 10.2. The predicted molar refractivity (Wildman–Crippen MR) is 69.2 cm³/mol. The number of ether oxygens (including phenoxy) is 1. The van der Waals surface area contributed by atoms with Crippen molar-refractivity contribution >= 4 is 11.6 Å². The highest BCUT2D eigenvalue weighted by molar-refractivity contribution is 6.29. The quantitative estimate of drug-likeness (QED) is 0.773. The molecule has 1 saturated heterocycles. The van der Waals surface area contributed by atoms with Crippen LogP contribution in [0.1, 0.15) is 24.8 Å². The SMILES string of the molecule is CN(Cc1ccc(Cl)nc1)CC1CCCCO1. The molecule has 0 aliphatic carbocycles. The van der Waals surface area contributed by atoms with E-state index < -0.39 is 0 Å². The first-order chi connectivity index (χ1) is 8.24. The van der Waals surface area contributed by atoms with E-state index in [-0.39, 0.29) is 0 Å². The fraction of sp³-hybridized carbons (Fsp3) is 0.615. The average Bonchev–Trinajstić information content (AvgIpc) is 2.33. The molecule has 4 heteroatoms. The minimum absolute atomic E-state index is 0.397. The Labute approximate surface area is 108 Å². The summed E-state index contributed by atoms with van der Waals surface area (Å²) < 4.78 is 5.73. The van der Waals surface area contributed by atoms with Crippen molar-refractivity contribution in [2.75, 3.05) is 20.2 Å². The highest BCUT2D eigenvalue weighted by Gasteiger charge is 2.15. The molecule has 0 radical (unpaired) electrons. The molecule has 1 unspecified atom stereocenters. The lowest BCUT2D eigenvalue weighted by Crippen LogP contribution is -2.33. The number of rotatable bonds is 4. The van der Waals surface area contributed by atoms with E-state index in [0.29, 0.717) is 11.3 Å². The van der Waals surface area contributed by atoms with Gasteiger partial charge in [-0.05, 0) is 37.9 Å². The summed E-state index contributed by atoms with van der Waals surface area (Å²) in [6.07, 6.45) is 5.92. The normalized spacial score (nSPS) is 20.8. The molecule has 1 aromatic heterocycles. The Hall–Kier alpha value is -0.640. The number of nitrogens with zero attached hydrogens (tertiary/aromatic N) is 2. The Bertz CT molecular complexity index is 336. The lowest BCUT2D eigenvalue weighted by atomic mass is 10.1. The molecule has 3 nitrogen and oxygen atoms in total. The van der Waals surface area contributed by atoms with Crippen molar-refractivity contribution in [2.24, 2.45) is 0 Å².